The molecule has 1 fully saturated rings. The topological polar surface area (TPSA) is 130 Å². The molecule has 1 unspecified atom stereocenters. The van der Waals surface area contributed by atoms with Crippen LogP contribution in [0.2, 0.25) is 0 Å². The Morgan fingerprint density at radius 2 is 2.16 bits per heavy atom. The standard InChI is InChI=1S/C23H27N7O2/c1-15-4-2-5-20(27-15)28-21(31)6-3-7-22(32)30-11-9-17(14-30)23-18(13-26-29-23)16-8-10-25-19(24)12-16/h2,4-5,8,10,12-13,17H,3,6-7,9,11,14H2,1H3,(H2,24,25)(H,26,29)(H,27,28,31). The quantitative estimate of drug-likeness (QED) is 0.525. The maximum atomic E-state index is 12.7. The van der Waals surface area contributed by atoms with Gasteiger partial charge in [0.25, 0.3) is 0 Å². The molecule has 32 heavy (non-hydrogen) atoms. The largest absolute Gasteiger partial charge is 0.384 e. The number of nitrogens with one attached hydrogen (secondary N) is 2. The van der Waals surface area contributed by atoms with Crippen LogP contribution in [0.4, 0.5) is 11.6 Å². The number of carbonyl (C=O) groups excluding carboxylic acids is 2. The van der Waals surface area contributed by atoms with Crippen LogP contribution >= 0.6 is 0 Å². The molecule has 0 saturated carbocycles. The van der Waals surface area contributed by atoms with Crippen molar-refractivity contribution in [3.05, 3.63) is 54.1 Å². The van der Waals surface area contributed by atoms with Gasteiger partial charge in [0.2, 0.25) is 11.8 Å². The second-order valence-electron chi connectivity index (χ2n) is 8.06. The number of nitrogen functional groups attached to an aromatic ring is 1. The van der Waals surface area contributed by atoms with Gasteiger partial charge in [-0.2, -0.15) is 5.10 Å². The Bertz CT molecular complexity index is 1110. The number of aromatic nitrogens is 4. The average molecular weight is 434 g/mol. The maximum absolute atomic E-state index is 12.7. The predicted octanol–water partition coefficient (Wildman–Crippen LogP) is 2.88. The molecule has 3 aromatic rings. The van der Waals surface area contributed by atoms with Crippen LogP contribution in [0.25, 0.3) is 11.1 Å². The lowest BCUT2D eigenvalue weighted by atomic mass is 9.97. The van der Waals surface area contributed by atoms with Crippen molar-refractivity contribution in [3.8, 4) is 11.1 Å². The van der Waals surface area contributed by atoms with E-state index >= 15 is 0 Å². The van der Waals surface area contributed by atoms with Crippen LogP contribution < -0.4 is 11.1 Å². The van der Waals surface area contributed by atoms with Crippen LogP contribution in [0.15, 0.2) is 42.7 Å². The highest BCUT2D eigenvalue weighted by Crippen LogP contribution is 2.33. The SMILES string of the molecule is Cc1cccc(NC(=O)CCCC(=O)N2CCC(c3[nH]ncc3-c3ccnc(N)c3)C2)n1. The van der Waals surface area contributed by atoms with E-state index in [2.05, 4.69) is 25.5 Å². The van der Waals surface area contributed by atoms with Crippen molar-refractivity contribution in [2.45, 2.75) is 38.5 Å². The zero-order valence-electron chi connectivity index (χ0n) is 18.0. The summed E-state index contributed by atoms with van der Waals surface area (Å²) in [7, 11) is 0. The van der Waals surface area contributed by atoms with E-state index in [1.165, 1.54) is 0 Å². The number of nitrogens with zero attached hydrogens (tertiary/aromatic N) is 4. The first-order valence-electron chi connectivity index (χ1n) is 10.8. The lowest BCUT2D eigenvalue weighted by molar-refractivity contribution is -0.130. The summed E-state index contributed by atoms with van der Waals surface area (Å²) in [5, 5.41) is 10.1. The summed E-state index contributed by atoms with van der Waals surface area (Å²) in [6, 6.07) is 9.20. The number of aryl methyl sites for hydroxylation is 1. The molecule has 166 valence electrons. The summed E-state index contributed by atoms with van der Waals surface area (Å²) in [5.41, 5.74) is 9.62. The third-order valence-corrected chi connectivity index (χ3v) is 5.66. The van der Waals surface area contributed by atoms with Gasteiger partial charge in [0.05, 0.1) is 6.20 Å². The minimum Gasteiger partial charge on any atom is -0.384 e. The zero-order chi connectivity index (χ0) is 22.5. The first-order chi connectivity index (χ1) is 15.5. The fourth-order valence-electron chi connectivity index (χ4n) is 4.05. The Morgan fingerprint density at radius 1 is 1.28 bits per heavy atom. The van der Waals surface area contributed by atoms with E-state index in [1.807, 2.05) is 36.1 Å². The molecule has 1 saturated heterocycles. The number of likely N-dealkylation sites (tertiary alicyclic amines) is 1. The van der Waals surface area contributed by atoms with Crippen LogP contribution in [0.1, 0.15) is 43.0 Å². The van der Waals surface area contributed by atoms with Crippen molar-refractivity contribution in [1.82, 2.24) is 25.1 Å². The molecule has 0 aliphatic carbocycles. The monoisotopic (exact) mass is 433 g/mol. The van der Waals surface area contributed by atoms with E-state index in [4.69, 9.17) is 5.73 Å². The number of pyridine rings is 2. The molecular formula is C23H27N7O2. The number of aromatic amines is 1. The molecule has 0 radical (unpaired) electrons. The van der Waals surface area contributed by atoms with Crippen LogP contribution in [0.5, 0.6) is 0 Å². The van der Waals surface area contributed by atoms with Crippen LogP contribution in [0.3, 0.4) is 0 Å². The van der Waals surface area contributed by atoms with Gasteiger partial charge in [0.1, 0.15) is 11.6 Å². The van der Waals surface area contributed by atoms with Crippen LogP contribution in [-0.4, -0.2) is 50.0 Å². The molecule has 9 nitrogen and oxygen atoms in total. The van der Waals surface area contributed by atoms with E-state index < -0.39 is 0 Å². The second-order valence-corrected chi connectivity index (χ2v) is 8.06. The molecule has 0 aromatic carbocycles. The van der Waals surface area contributed by atoms with Crippen molar-refractivity contribution in [3.63, 3.8) is 0 Å². The van der Waals surface area contributed by atoms with Gasteiger partial charge in [-0.25, -0.2) is 9.97 Å². The van der Waals surface area contributed by atoms with Gasteiger partial charge < -0.3 is 16.0 Å². The molecule has 0 spiro atoms. The maximum Gasteiger partial charge on any atom is 0.225 e. The normalized spacial score (nSPS) is 15.7. The highest BCUT2D eigenvalue weighted by molar-refractivity contribution is 5.90. The van der Waals surface area contributed by atoms with Gasteiger partial charge >= 0.3 is 0 Å². The van der Waals surface area contributed by atoms with Gasteiger partial charge in [-0.15, -0.1) is 0 Å². The molecule has 4 rings (SSSR count). The highest BCUT2D eigenvalue weighted by atomic mass is 16.2. The molecule has 4 heterocycles. The molecular weight excluding hydrogens is 406 g/mol. The fourth-order valence-corrected chi connectivity index (χ4v) is 4.05. The van der Waals surface area contributed by atoms with E-state index in [9.17, 15) is 9.59 Å². The van der Waals surface area contributed by atoms with Gasteiger partial charge in [-0.3, -0.25) is 14.7 Å². The number of hydrogen-bond donors (Lipinski definition) is 3. The highest BCUT2D eigenvalue weighted by Gasteiger charge is 2.30. The Balaban J connectivity index is 1.27. The molecule has 0 bridgehead atoms. The predicted molar refractivity (Wildman–Crippen MR) is 122 cm³/mol. The van der Waals surface area contributed by atoms with Crippen molar-refractivity contribution < 1.29 is 9.59 Å². The molecule has 2 amide bonds. The molecule has 4 N–H and O–H groups in total. The summed E-state index contributed by atoms with van der Waals surface area (Å²) in [6.07, 6.45) is 5.46. The van der Waals surface area contributed by atoms with Gasteiger partial charge in [0, 0.05) is 55.0 Å². The summed E-state index contributed by atoms with van der Waals surface area (Å²) in [5.74, 6) is 1.12. The number of rotatable bonds is 7. The van der Waals surface area contributed by atoms with Crippen LogP contribution in [0, 0.1) is 6.92 Å². The fraction of sp³-hybridized carbons (Fsp3) is 0.348. The van der Waals surface area contributed by atoms with E-state index in [0.717, 1.165) is 28.9 Å². The Hall–Kier alpha value is -3.75. The van der Waals surface area contributed by atoms with Crippen molar-refractivity contribution in [2.75, 3.05) is 24.1 Å². The minimum absolute atomic E-state index is 0.0724. The van der Waals surface area contributed by atoms with Crippen molar-refractivity contribution in [1.29, 1.82) is 0 Å². The van der Waals surface area contributed by atoms with Crippen molar-refractivity contribution in [2.24, 2.45) is 0 Å². The first-order valence-corrected chi connectivity index (χ1v) is 10.8. The summed E-state index contributed by atoms with van der Waals surface area (Å²) < 4.78 is 0. The van der Waals surface area contributed by atoms with Crippen molar-refractivity contribution >= 4 is 23.5 Å². The average Bonchev–Trinajstić information content (AvgIpc) is 3.43. The molecule has 1 aliphatic heterocycles. The number of amides is 2. The molecule has 1 aliphatic rings. The molecule has 9 heteroatoms. The number of carbonyl (C=O) groups is 2. The van der Waals surface area contributed by atoms with Gasteiger partial charge in [-0.05, 0) is 49.6 Å². The minimum atomic E-state index is -0.131. The van der Waals surface area contributed by atoms with Gasteiger partial charge in [0.15, 0.2) is 0 Å². The van der Waals surface area contributed by atoms with E-state index in [0.29, 0.717) is 37.6 Å². The molecule has 3 aromatic heterocycles. The second kappa shape index (κ2) is 9.59. The number of anilines is 2. The summed E-state index contributed by atoms with van der Waals surface area (Å²) >= 11 is 0. The van der Waals surface area contributed by atoms with Gasteiger partial charge in [-0.1, -0.05) is 6.07 Å². The Morgan fingerprint density at radius 3 is 2.97 bits per heavy atom. The first kappa shape index (κ1) is 21.5. The van der Waals surface area contributed by atoms with E-state index in [-0.39, 0.29) is 24.2 Å². The molecule has 1 atom stereocenters. The van der Waals surface area contributed by atoms with E-state index in [1.54, 1.807) is 18.5 Å². The lowest BCUT2D eigenvalue weighted by Gasteiger charge is -2.17. The number of nitrogens with two attached hydrogens (primary N) is 1. The summed E-state index contributed by atoms with van der Waals surface area (Å²) in [6.45, 7) is 3.20. The third-order valence-electron chi connectivity index (χ3n) is 5.66. The summed E-state index contributed by atoms with van der Waals surface area (Å²) in [4.78, 5) is 35.0. The lowest BCUT2D eigenvalue weighted by Crippen LogP contribution is -2.28. The zero-order valence-corrected chi connectivity index (χ0v) is 18.0. The van der Waals surface area contributed by atoms with Crippen LogP contribution in [-0.2, 0) is 9.59 Å². The number of hydrogen-bond acceptors (Lipinski definition) is 6. The number of H-pyrrole nitrogens is 1. The smallest absolute Gasteiger partial charge is 0.225 e. The Kier molecular flexibility index (Phi) is 6.44. The third kappa shape index (κ3) is 5.11. The Labute approximate surface area is 186 Å².